The topological polar surface area (TPSA) is 65.3 Å². The zero-order valence-electron chi connectivity index (χ0n) is 15.3. The van der Waals surface area contributed by atoms with Gasteiger partial charge in [0.1, 0.15) is 18.0 Å². The number of para-hydroxylation sites is 3. The number of nitrogens with one attached hydrogen (secondary N) is 1. The number of aryl methyl sites for hydroxylation is 1. The lowest BCUT2D eigenvalue weighted by molar-refractivity contribution is -0.116. The van der Waals surface area contributed by atoms with Crippen LogP contribution in [0.4, 0.5) is 5.69 Å². The molecule has 1 N–H and O–H groups in total. The minimum Gasteiger partial charge on any atom is -0.457 e. The molecule has 0 unspecified atom stereocenters. The maximum atomic E-state index is 12.5. The van der Waals surface area contributed by atoms with Gasteiger partial charge in [-0.25, -0.2) is 4.79 Å². The van der Waals surface area contributed by atoms with E-state index in [2.05, 4.69) is 5.32 Å². The highest BCUT2D eigenvalue weighted by molar-refractivity contribution is 5.91. The Bertz CT molecular complexity index is 1180. The lowest BCUT2D eigenvalue weighted by Crippen LogP contribution is -2.28. The Morgan fingerprint density at radius 3 is 2.18 bits per heavy atom. The Morgan fingerprint density at radius 2 is 1.46 bits per heavy atom. The Kier molecular flexibility index (Phi) is 4.68. The zero-order valence-corrected chi connectivity index (χ0v) is 15.3. The molecule has 0 radical (unpaired) electrons. The van der Waals surface area contributed by atoms with E-state index in [1.165, 1.54) is 4.57 Å². The molecule has 28 heavy (non-hydrogen) atoms. The number of ether oxygens (including phenoxy) is 1. The number of imidazole rings is 1. The molecule has 0 saturated heterocycles. The van der Waals surface area contributed by atoms with Gasteiger partial charge in [0.05, 0.1) is 11.0 Å². The number of carbonyl (C=O) groups is 1. The molecular formula is C22H19N3O3. The largest absolute Gasteiger partial charge is 0.457 e. The van der Waals surface area contributed by atoms with E-state index in [-0.39, 0.29) is 18.1 Å². The van der Waals surface area contributed by atoms with E-state index in [1.54, 1.807) is 35.9 Å². The number of benzene rings is 3. The second-order valence-corrected chi connectivity index (χ2v) is 6.40. The average Bonchev–Trinajstić information content (AvgIpc) is 2.95. The average molecular weight is 373 g/mol. The van der Waals surface area contributed by atoms with Crippen LogP contribution in [-0.2, 0) is 18.4 Å². The van der Waals surface area contributed by atoms with Gasteiger partial charge >= 0.3 is 5.69 Å². The molecule has 6 nitrogen and oxygen atoms in total. The Morgan fingerprint density at radius 1 is 0.857 bits per heavy atom. The van der Waals surface area contributed by atoms with Crippen LogP contribution in [0.3, 0.4) is 0 Å². The Balaban J connectivity index is 1.46. The molecule has 1 aromatic heterocycles. The van der Waals surface area contributed by atoms with Crippen LogP contribution in [-0.4, -0.2) is 15.0 Å². The summed E-state index contributed by atoms with van der Waals surface area (Å²) in [6, 6.07) is 24.0. The van der Waals surface area contributed by atoms with Crippen molar-refractivity contribution < 1.29 is 9.53 Å². The molecule has 0 fully saturated rings. The zero-order chi connectivity index (χ0) is 19.5. The van der Waals surface area contributed by atoms with Crippen LogP contribution < -0.4 is 15.7 Å². The third-order valence-electron chi connectivity index (χ3n) is 4.47. The van der Waals surface area contributed by atoms with Gasteiger partial charge in [0.15, 0.2) is 0 Å². The quantitative estimate of drug-likeness (QED) is 0.579. The van der Waals surface area contributed by atoms with Gasteiger partial charge in [-0.1, -0.05) is 30.3 Å². The lowest BCUT2D eigenvalue weighted by Gasteiger charge is -2.08. The number of carbonyl (C=O) groups excluding carboxylic acids is 1. The summed E-state index contributed by atoms with van der Waals surface area (Å²) in [5, 5.41) is 2.82. The van der Waals surface area contributed by atoms with Gasteiger partial charge in [0, 0.05) is 12.7 Å². The van der Waals surface area contributed by atoms with Crippen LogP contribution in [0.5, 0.6) is 11.5 Å². The molecule has 6 heteroatoms. The SMILES string of the molecule is Cn1c(=O)n(CC(=O)Nc2ccc(Oc3ccccc3)cc2)c2ccccc21. The summed E-state index contributed by atoms with van der Waals surface area (Å²) in [6.07, 6.45) is 0. The van der Waals surface area contributed by atoms with Crippen molar-refractivity contribution in [1.82, 2.24) is 9.13 Å². The normalized spacial score (nSPS) is 10.8. The van der Waals surface area contributed by atoms with Crippen molar-refractivity contribution in [2.24, 2.45) is 7.05 Å². The van der Waals surface area contributed by atoms with Crippen LogP contribution in [0, 0.1) is 0 Å². The molecule has 1 heterocycles. The number of anilines is 1. The molecule has 3 aromatic carbocycles. The number of hydrogen-bond acceptors (Lipinski definition) is 3. The lowest BCUT2D eigenvalue weighted by atomic mass is 10.3. The molecule has 0 aliphatic rings. The van der Waals surface area contributed by atoms with Crippen molar-refractivity contribution in [2.75, 3.05) is 5.32 Å². The van der Waals surface area contributed by atoms with Crippen molar-refractivity contribution in [3.63, 3.8) is 0 Å². The number of fused-ring (bicyclic) bond motifs is 1. The third-order valence-corrected chi connectivity index (χ3v) is 4.47. The third kappa shape index (κ3) is 3.53. The molecule has 0 atom stereocenters. The smallest absolute Gasteiger partial charge is 0.329 e. The predicted octanol–water partition coefficient (Wildman–Crippen LogP) is 3.77. The number of amides is 1. The fraction of sp³-hybridized carbons (Fsp3) is 0.0909. The van der Waals surface area contributed by atoms with Gasteiger partial charge in [-0.3, -0.25) is 13.9 Å². The van der Waals surface area contributed by atoms with E-state index in [1.807, 2.05) is 54.6 Å². The van der Waals surface area contributed by atoms with E-state index in [4.69, 9.17) is 4.74 Å². The number of nitrogens with zero attached hydrogens (tertiary/aromatic N) is 2. The molecule has 0 spiro atoms. The first kappa shape index (κ1) is 17.6. The van der Waals surface area contributed by atoms with Crippen LogP contribution in [0.15, 0.2) is 83.7 Å². The van der Waals surface area contributed by atoms with Gasteiger partial charge in [0.25, 0.3) is 0 Å². The molecule has 0 aliphatic heterocycles. The summed E-state index contributed by atoms with van der Waals surface area (Å²) < 4.78 is 8.75. The number of rotatable bonds is 5. The van der Waals surface area contributed by atoms with Crippen molar-refractivity contribution in [1.29, 1.82) is 0 Å². The molecule has 0 aliphatic carbocycles. The molecule has 4 rings (SSSR count). The maximum Gasteiger partial charge on any atom is 0.329 e. The highest BCUT2D eigenvalue weighted by Crippen LogP contribution is 2.22. The maximum absolute atomic E-state index is 12.5. The Hall–Kier alpha value is -3.80. The fourth-order valence-corrected chi connectivity index (χ4v) is 3.09. The van der Waals surface area contributed by atoms with Crippen LogP contribution >= 0.6 is 0 Å². The molecule has 0 bridgehead atoms. The summed E-state index contributed by atoms with van der Waals surface area (Å²) in [5.41, 5.74) is 1.95. The Labute approximate surface area is 161 Å². The van der Waals surface area contributed by atoms with Crippen molar-refractivity contribution in [2.45, 2.75) is 6.54 Å². The monoisotopic (exact) mass is 373 g/mol. The fourth-order valence-electron chi connectivity index (χ4n) is 3.09. The highest BCUT2D eigenvalue weighted by Gasteiger charge is 2.13. The van der Waals surface area contributed by atoms with Crippen LogP contribution in [0.2, 0.25) is 0 Å². The van der Waals surface area contributed by atoms with Crippen molar-refractivity contribution >= 4 is 22.6 Å². The van der Waals surface area contributed by atoms with Crippen LogP contribution in [0.25, 0.3) is 11.0 Å². The highest BCUT2D eigenvalue weighted by atomic mass is 16.5. The molecular weight excluding hydrogens is 354 g/mol. The molecule has 140 valence electrons. The molecule has 1 amide bonds. The van der Waals surface area contributed by atoms with Gasteiger partial charge < -0.3 is 10.1 Å². The van der Waals surface area contributed by atoms with Gasteiger partial charge in [-0.15, -0.1) is 0 Å². The minimum atomic E-state index is -0.268. The van der Waals surface area contributed by atoms with E-state index in [0.717, 1.165) is 16.8 Å². The summed E-state index contributed by atoms with van der Waals surface area (Å²) >= 11 is 0. The molecule has 4 aromatic rings. The standard InChI is InChI=1S/C22H19N3O3/c1-24-19-9-5-6-10-20(19)25(22(24)27)15-21(26)23-16-11-13-18(14-12-16)28-17-7-3-2-4-8-17/h2-14H,15H2,1H3,(H,23,26). The van der Waals surface area contributed by atoms with E-state index >= 15 is 0 Å². The van der Waals surface area contributed by atoms with Crippen molar-refractivity contribution in [3.8, 4) is 11.5 Å². The van der Waals surface area contributed by atoms with Gasteiger partial charge in [-0.05, 0) is 48.5 Å². The number of hydrogen-bond donors (Lipinski definition) is 1. The van der Waals surface area contributed by atoms with E-state index in [0.29, 0.717) is 11.4 Å². The van der Waals surface area contributed by atoms with Crippen LogP contribution in [0.1, 0.15) is 0 Å². The first-order valence-corrected chi connectivity index (χ1v) is 8.89. The van der Waals surface area contributed by atoms with Gasteiger partial charge in [0.2, 0.25) is 5.91 Å². The first-order chi connectivity index (χ1) is 13.6. The second-order valence-electron chi connectivity index (χ2n) is 6.40. The van der Waals surface area contributed by atoms with Gasteiger partial charge in [-0.2, -0.15) is 0 Å². The second kappa shape index (κ2) is 7.44. The van der Waals surface area contributed by atoms with E-state index in [9.17, 15) is 9.59 Å². The number of aromatic nitrogens is 2. The summed E-state index contributed by atoms with van der Waals surface area (Å²) in [7, 11) is 1.70. The summed E-state index contributed by atoms with van der Waals surface area (Å²) in [6.45, 7) is -0.0531. The van der Waals surface area contributed by atoms with Crippen molar-refractivity contribution in [3.05, 3.63) is 89.3 Å². The minimum absolute atomic E-state index is 0.0531. The molecule has 0 saturated carbocycles. The summed E-state index contributed by atoms with van der Waals surface area (Å²) in [4.78, 5) is 24.9. The van der Waals surface area contributed by atoms with E-state index < -0.39 is 0 Å². The predicted molar refractivity (Wildman–Crippen MR) is 109 cm³/mol. The summed E-state index contributed by atoms with van der Waals surface area (Å²) in [5.74, 6) is 1.15. The first-order valence-electron chi connectivity index (χ1n) is 8.89.